The molecule has 0 spiro atoms. The minimum Gasteiger partial charge on any atom is -0.324 e. The average Bonchev–Trinajstić information content (AvgIpc) is 2.67. The molecular formula is C27H40N4O2. The van der Waals surface area contributed by atoms with E-state index < -0.39 is 0 Å². The molecule has 6 nitrogen and oxygen atoms in total. The summed E-state index contributed by atoms with van der Waals surface area (Å²) >= 11 is 0. The number of benzene rings is 2. The van der Waals surface area contributed by atoms with Crippen LogP contribution in [0.2, 0.25) is 0 Å². The van der Waals surface area contributed by atoms with E-state index in [-0.39, 0.29) is 22.6 Å². The molecule has 2 amide bonds. The van der Waals surface area contributed by atoms with Gasteiger partial charge in [0.15, 0.2) is 0 Å². The van der Waals surface area contributed by atoms with Crippen molar-refractivity contribution >= 4 is 23.2 Å². The van der Waals surface area contributed by atoms with Gasteiger partial charge in [-0.15, -0.1) is 0 Å². The molecule has 0 saturated heterocycles. The van der Waals surface area contributed by atoms with Gasteiger partial charge in [0.05, 0.1) is 11.4 Å². The van der Waals surface area contributed by atoms with Crippen LogP contribution in [0, 0.1) is 10.8 Å². The van der Waals surface area contributed by atoms with E-state index in [2.05, 4.69) is 48.8 Å². The van der Waals surface area contributed by atoms with Gasteiger partial charge >= 0.3 is 0 Å². The second-order valence-corrected chi connectivity index (χ2v) is 11.0. The fourth-order valence-corrected chi connectivity index (χ4v) is 3.80. The zero-order valence-electron chi connectivity index (χ0n) is 21.2. The highest BCUT2D eigenvalue weighted by Crippen LogP contribution is 2.24. The number of nitrogens with one attached hydrogen (secondary N) is 3. The van der Waals surface area contributed by atoms with Gasteiger partial charge in [-0.25, -0.2) is 0 Å². The third-order valence-corrected chi connectivity index (χ3v) is 5.03. The van der Waals surface area contributed by atoms with Crippen molar-refractivity contribution in [2.24, 2.45) is 10.8 Å². The minimum absolute atomic E-state index is 0.0742. The monoisotopic (exact) mass is 452 g/mol. The lowest BCUT2D eigenvalue weighted by Gasteiger charge is -2.28. The van der Waals surface area contributed by atoms with Gasteiger partial charge < -0.3 is 20.9 Å². The van der Waals surface area contributed by atoms with Crippen LogP contribution < -0.4 is 16.0 Å². The van der Waals surface area contributed by atoms with Crippen molar-refractivity contribution < 1.29 is 9.59 Å². The van der Waals surface area contributed by atoms with E-state index >= 15 is 0 Å². The Morgan fingerprint density at radius 1 is 0.848 bits per heavy atom. The van der Waals surface area contributed by atoms with Gasteiger partial charge in [0, 0.05) is 31.6 Å². The van der Waals surface area contributed by atoms with Crippen LogP contribution >= 0.6 is 0 Å². The second kappa shape index (κ2) is 11.4. The molecule has 0 aliphatic rings. The van der Waals surface area contributed by atoms with E-state index in [4.69, 9.17) is 0 Å². The summed E-state index contributed by atoms with van der Waals surface area (Å²) in [5.41, 5.74) is 2.95. The normalized spacial score (nSPS) is 12.0. The zero-order chi connectivity index (χ0) is 24.6. The summed E-state index contributed by atoms with van der Waals surface area (Å²) < 4.78 is 0. The number of para-hydroxylation sites is 2. The van der Waals surface area contributed by atoms with Crippen LogP contribution in [-0.2, 0) is 11.3 Å². The highest BCUT2D eigenvalue weighted by atomic mass is 16.2. The summed E-state index contributed by atoms with van der Waals surface area (Å²) in [4.78, 5) is 27.3. The van der Waals surface area contributed by atoms with Crippen molar-refractivity contribution in [3.8, 4) is 0 Å². The largest absolute Gasteiger partial charge is 0.324 e. The third-order valence-electron chi connectivity index (χ3n) is 5.03. The predicted octanol–water partition coefficient (Wildman–Crippen LogP) is 4.99. The van der Waals surface area contributed by atoms with E-state index in [9.17, 15) is 9.59 Å². The smallest absolute Gasteiger partial charge is 0.255 e. The van der Waals surface area contributed by atoms with E-state index in [1.54, 1.807) is 12.1 Å². The van der Waals surface area contributed by atoms with Gasteiger partial charge in [-0.2, -0.15) is 0 Å². The lowest BCUT2D eigenvalue weighted by atomic mass is 9.92. The maximum Gasteiger partial charge on any atom is 0.255 e. The molecular weight excluding hydrogens is 412 g/mol. The number of nitrogens with zero attached hydrogens (tertiary/aromatic N) is 1. The van der Waals surface area contributed by atoms with Gasteiger partial charge in [0.25, 0.3) is 5.91 Å². The van der Waals surface area contributed by atoms with Crippen molar-refractivity contribution in [2.45, 2.75) is 47.6 Å². The minimum atomic E-state index is -0.209. The number of anilines is 2. The van der Waals surface area contributed by atoms with Crippen LogP contribution in [0.4, 0.5) is 11.4 Å². The maximum atomic E-state index is 12.8. The number of rotatable bonds is 10. The van der Waals surface area contributed by atoms with Crippen molar-refractivity contribution in [3.05, 3.63) is 59.7 Å². The highest BCUT2D eigenvalue weighted by Gasteiger charge is 2.19. The third kappa shape index (κ3) is 9.76. The van der Waals surface area contributed by atoms with Crippen molar-refractivity contribution in [2.75, 3.05) is 37.8 Å². The molecule has 3 N–H and O–H groups in total. The van der Waals surface area contributed by atoms with Crippen LogP contribution in [0.15, 0.2) is 48.5 Å². The Bertz CT molecular complexity index is 928. The molecule has 0 atom stereocenters. The molecule has 0 heterocycles. The number of carbonyl (C=O) groups excluding carboxylic acids is 2. The molecule has 0 aliphatic heterocycles. The molecule has 0 saturated carbocycles. The molecule has 2 aromatic carbocycles. The Hall–Kier alpha value is -2.70. The first kappa shape index (κ1) is 26.6. The van der Waals surface area contributed by atoms with Crippen molar-refractivity contribution in [1.29, 1.82) is 0 Å². The summed E-state index contributed by atoms with van der Waals surface area (Å²) in [7, 11) is 4.17. The first-order valence-corrected chi connectivity index (χ1v) is 11.5. The number of hydrogen-bond donors (Lipinski definition) is 3. The highest BCUT2D eigenvalue weighted by molar-refractivity contribution is 6.07. The van der Waals surface area contributed by atoms with Crippen molar-refractivity contribution in [3.63, 3.8) is 0 Å². The molecule has 0 bridgehead atoms. The zero-order valence-corrected chi connectivity index (χ0v) is 21.2. The van der Waals surface area contributed by atoms with E-state index in [0.29, 0.717) is 23.4 Å². The summed E-state index contributed by atoms with van der Waals surface area (Å²) in [5, 5.41) is 9.35. The average molecular weight is 453 g/mol. The molecule has 0 radical (unpaired) electrons. The number of carbonyl (C=O) groups is 2. The first-order chi connectivity index (χ1) is 15.3. The predicted molar refractivity (Wildman–Crippen MR) is 138 cm³/mol. The Morgan fingerprint density at radius 2 is 1.42 bits per heavy atom. The van der Waals surface area contributed by atoms with E-state index in [1.807, 2.05) is 57.2 Å². The van der Waals surface area contributed by atoms with Crippen molar-refractivity contribution in [1.82, 2.24) is 10.2 Å². The lowest BCUT2D eigenvalue weighted by molar-refractivity contribution is -0.117. The van der Waals surface area contributed by atoms with Crippen LogP contribution in [0.5, 0.6) is 0 Å². The maximum absolute atomic E-state index is 12.8. The Labute approximate surface area is 199 Å². The van der Waals surface area contributed by atoms with Crippen LogP contribution in [-0.4, -0.2) is 43.9 Å². The standard InChI is InChI=1S/C27H40N4O2/c1-26(2,3)16-24(32)29-22-10-8-9-11-23(22)30-25(33)21-14-12-20(13-15-21)17-28-18-27(4,5)19-31(6)7/h8-15,28H,16-19H2,1-7H3,(H,29,32)(H,30,33). The summed E-state index contributed by atoms with van der Waals surface area (Å²) in [6.45, 7) is 13.2. The van der Waals surface area contributed by atoms with Gasteiger partial charge in [0.2, 0.25) is 5.91 Å². The van der Waals surface area contributed by atoms with Crippen LogP contribution in [0.25, 0.3) is 0 Å². The van der Waals surface area contributed by atoms with Gasteiger partial charge in [-0.3, -0.25) is 9.59 Å². The fraction of sp³-hybridized carbons (Fsp3) is 0.481. The summed E-state index contributed by atoms with van der Waals surface area (Å²) in [6.07, 6.45) is 0.400. The number of hydrogen-bond acceptors (Lipinski definition) is 4. The van der Waals surface area contributed by atoms with Crippen LogP contribution in [0.3, 0.4) is 0 Å². The van der Waals surface area contributed by atoms with E-state index in [0.717, 1.165) is 25.2 Å². The van der Waals surface area contributed by atoms with Gasteiger partial charge in [-0.05, 0) is 54.8 Å². The molecule has 180 valence electrons. The molecule has 0 unspecified atom stereocenters. The molecule has 2 rings (SSSR count). The fourth-order valence-electron chi connectivity index (χ4n) is 3.80. The van der Waals surface area contributed by atoms with Gasteiger partial charge in [-0.1, -0.05) is 58.9 Å². The number of amides is 2. The molecule has 0 aromatic heterocycles. The molecule has 0 aliphatic carbocycles. The summed E-state index contributed by atoms with van der Waals surface area (Å²) in [6, 6.07) is 14.9. The molecule has 2 aromatic rings. The summed E-state index contributed by atoms with van der Waals surface area (Å²) in [5.74, 6) is -0.283. The topological polar surface area (TPSA) is 73.5 Å². The van der Waals surface area contributed by atoms with E-state index in [1.165, 1.54) is 0 Å². The first-order valence-electron chi connectivity index (χ1n) is 11.5. The molecule has 0 fully saturated rings. The van der Waals surface area contributed by atoms with Crippen LogP contribution in [0.1, 0.15) is 57.0 Å². The Morgan fingerprint density at radius 3 is 1.97 bits per heavy atom. The lowest BCUT2D eigenvalue weighted by Crippen LogP contribution is -2.37. The van der Waals surface area contributed by atoms with Gasteiger partial charge in [0.1, 0.15) is 0 Å². The molecule has 33 heavy (non-hydrogen) atoms. The second-order valence-electron chi connectivity index (χ2n) is 11.0. The molecule has 6 heteroatoms. The Balaban J connectivity index is 1.95. The quantitative estimate of drug-likeness (QED) is 0.475. The SMILES string of the molecule is CN(C)CC(C)(C)CNCc1ccc(C(=O)Nc2ccccc2NC(=O)CC(C)(C)C)cc1. The Kier molecular flexibility index (Phi) is 9.20.